The van der Waals surface area contributed by atoms with Gasteiger partial charge in [0.25, 0.3) is 0 Å². The second kappa shape index (κ2) is 5.85. The van der Waals surface area contributed by atoms with E-state index in [1.807, 2.05) is 25.2 Å². The standard InChI is InChI=1S/C13H20N2O/c1-14-13-7-3-6-12(15-13)10-16-9-8-11-4-2-5-11/h3,6-7,11H,2,4-5,8-10H2,1H3,(H,14,15). The summed E-state index contributed by atoms with van der Waals surface area (Å²) in [5, 5.41) is 3.03. The van der Waals surface area contributed by atoms with E-state index in [4.69, 9.17) is 4.74 Å². The van der Waals surface area contributed by atoms with Gasteiger partial charge in [-0.25, -0.2) is 4.98 Å². The lowest BCUT2D eigenvalue weighted by Gasteiger charge is -2.24. The summed E-state index contributed by atoms with van der Waals surface area (Å²) in [5.74, 6) is 1.83. The fraction of sp³-hybridized carbons (Fsp3) is 0.615. The van der Waals surface area contributed by atoms with Crippen molar-refractivity contribution < 1.29 is 4.74 Å². The molecule has 1 N–H and O–H groups in total. The molecule has 0 aromatic carbocycles. The third-order valence-corrected chi connectivity index (χ3v) is 3.21. The van der Waals surface area contributed by atoms with E-state index in [1.54, 1.807) is 0 Å². The van der Waals surface area contributed by atoms with Crippen molar-refractivity contribution in [1.82, 2.24) is 4.98 Å². The third-order valence-electron chi connectivity index (χ3n) is 3.21. The van der Waals surface area contributed by atoms with Gasteiger partial charge in [0.1, 0.15) is 5.82 Å². The zero-order valence-corrected chi connectivity index (χ0v) is 9.91. The molecule has 0 spiro atoms. The molecule has 0 amide bonds. The van der Waals surface area contributed by atoms with Gasteiger partial charge >= 0.3 is 0 Å². The molecule has 1 saturated carbocycles. The third kappa shape index (κ3) is 3.20. The maximum absolute atomic E-state index is 5.64. The zero-order chi connectivity index (χ0) is 11.2. The molecule has 16 heavy (non-hydrogen) atoms. The predicted octanol–water partition coefficient (Wildman–Crippen LogP) is 2.83. The minimum Gasteiger partial charge on any atom is -0.375 e. The molecule has 0 aliphatic heterocycles. The summed E-state index contributed by atoms with van der Waals surface area (Å²) in [6, 6.07) is 5.96. The average Bonchev–Trinajstić information content (AvgIpc) is 2.27. The number of anilines is 1. The van der Waals surface area contributed by atoms with Crippen molar-refractivity contribution in [3.63, 3.8) is 0 Å². The molecule has 1 aliphatic rings. The van der Waals surface area contributed by atoms with Crippen LogP contribution in [-0.2, 0) is 11.3 Å². The second-order valence-electron chi connectivity index (χ2n) is 4.40. The van der Waals surface area contributed by atoms with Crippen molar-refractivity contribution in [2.45, 2.75) is 32.3 Å². The predicted molar refractivity (Wildman–Crippen MR) is 65.4 cm³/mol. The maximum atomic E-state index is 5.64. The largest absolute Gasteiger partial charge is 0.375 e. The Hall–Kier alpha value is -1.09. The highest BCUT2D eigenvalue weighted by atomic mass is 16.5. The Morgan fingerprint density at radius 1 is 1.44 bits per heavy atom. The van der Waals surface area contributed by atoms with Crippen molar-refractivity contribution in [3.05, 3.63) is 23.9 Å². The van der Waals surface area contributed by atoms with Crippen LogP contribution in [0, 0.1) is 5.92 Å². The Morgan fingerprint density at radius 3 is 3.00 bits per heavy atom. The number of pyridine rings is 1. The molecular formula is C13H20N2O. The molecule has 1 fully saturated rings. The van der Waals surface area contributed by atoms with Gasteiger partial charge in [0.05, 0.1) is 12.3 Å². The highest BCUT2D eigenvalue weighted by Crippen LogP contribution is 2.29. The van der Waals surface area contributed by atoms with Gasteiger partial charge in [-0.15, -0.1) is 0 Å². The Bertz CT molecular complexity index is 323. The lowest BCUT2D eigenvalue weighted by molar-refractivity contribution is 0.0930. The van der Waals surface area contributed by atoms with Crippen LogP contribution in [0.25, 0.3) is 0 Å². The number of rotatable bonds is 6. The van der Waals surface area contributed by atoms with Crippen molar-refractivity contribution in [1.29, 1.82) is 0 Å². The first-order chi connectivity index (χ1) is 7.88. The lowest BCUT2D eigenvalue weighted by Crippen LogP contribution is -2.13. The monoisotopic (exact) mass is 220 g/mol. The Morgan fingerprint density at radius 2 is 2.31 bits per heavy atom. The fourth-order valence-corrected chi connectivity index (χ4v) is 1.91. The van der Waals surface area contributed by atoms with Gasteiger partial charge in [0.15, 0.2) is 0 Å². The quantitative estimate of drug-likeness (QED) is 0.748. The molecule has 3 nitrogen and oxygen atoms in total. The minimum atomic E-state index is 0.627. The fourth-order valence-electron chi connectivity index (χ4n) is 1.91. The lowest BCUT2D eigenvalue weighted by atomic mass is 9.83. The molecule has 1 heterocycles. The normalized spacial score (nSPS) is 15.8. The Kier molecular flexibility index (Phi) is 4.17. The van der Waals surface area contributed by atoms with Crippen molar-refractivity contribution in [2.75, 3.05) is 19.0 Å². The summed E-state index contributed by atoms with van der Waals surface area (Å²) in [6.45, 7) is 1.50. The van der Waals surface area contributed by atoms with Crippen LogP contribution in [-0.4, -0.2) is 18.6 Å². The first-order valence-electron chi connectivity index (χ1n) is 6.10. The molecule has 88 valence electrons. The van der Waals surface area contributed by atoms with Crippen LogP contribution in [0.1, 0.15) is 31.4 Å². The topological polar surface area (TPSA) is 34.1 Å². The van der Waals surface area contributed by atoms with Crippen molar-refractivity contribution >= 4 is 5.82 Å². The summed E-state index contributed by atoms with van der Waals surface area (Å²) in [4.78, 5) is 4.41. The first-order valence-corrected chi connectivity index (χ1v) is 6.10. The average molecular weight is 220 g/mol. The number of aromatic nitrogens is 1. The van der Waals surface area contributed by atoms with Crippen molar-refractivity contribution in [2.24, 2.45) is 5.92 Å². The number of hydrogen-bond acceptors (Lipinski definition) is 3. The number of hydrogen-bond donors (Lipinski definition) is 1. The van der Waals surface area contributed by atoms with E-state index < -0.39 is 0 Å². The second-order valence-corrected chi connectivity index (χ2v) is 4.40. The molecule has 0 bridgehead atoms. The Labute approximate surface area is 97.2 Å². The molecule has 2 rings (SSSR count). The van der Waals surface area contributed by atoms with Crippen LogP contribution in [0.4, 0.5) is 5.82 Å². The van der Waals surface area contributed by atoms with Crippen LogP contribution in [0.15, 0.2) is 18.2 Å². The van der Waals surface area contributed by atoms with E-state index in [0.29, 0.717) is 6.61 Å². The van der Waals surface area contributed by atoms with Gasteiger partial charge in [0, 0.05) is 13.7 Å². The van der Waals surface area contributed by atoms with Crippen LogP contribution in [0.3, 0.4) is 0 Å². The zero-order valence-electron chi connectivity index (χ0n) is 9.91. The summed E-state index contributed by atoms with van der Waals surface area (Å²) in [6.07, 6.45) is 5.43. The van der Waals surface area contributed by atoms with Gasteiger partial charge in [-0.3, -0.25) is 0 Å². The van der Waals surface area contributed by atoms with Crippen LogP contribution in [0.5, 0.6) is 0 Å². The molecule has 1 aliphatic carbocycles. The number of ether oxygens (including phenoxy) is 1. The van der Waals surface area contributed by atoms with E-state index in [-0.39, 0.29) is 0 Å². The molecule has 1 aromatic heterocycles. The van der Waals surface area contributed by atoms with Crippen LogP contribution >= 0.6 is 0 Å². The van der Waals surface area contributed by atoms with E-state index >= 15 is 0 Å². The SMILES string of the molecule is CNc1cccc(COCCC2CCC2)n1. The van der Waals surface area contributed by atoms with Crippen LogP contribution in [0.2, 0.25) is 0 Å². The van der Waals surface area contributed by atoms with E-state index in [0.717, 1.165) is 24.0 Å². The molecule has 0 radical (unpaired) electrons. The smallest absolute Gasteiger partial charge is 0.126 e. The molecule has 3 heteroatoms. The molecular weight excluding hydrogens is 200 g/mol. The van der Waals surface area contributed by atoms with Crippen LogP contribution < -0.4 is 5.32 Å². The molecule has 0 saturated heterocycles. The first kappa shape index (κ1) is 11.4. The number of nitrogens with zero attached hydrogens (tertiary/aromatic N) is 1. The highest BCUT2D eigenvalue weighted by Gasteiger charge is 2.16. The van der Waals surface area contributed by atoms with E-state index in [2.05, 4.69) is 10.3 Å². The molecule has 0 atom stereocenters. The minimum absolute atomic E-state index is 0.627. The van der Waals surface area contributed by atoms with E-state index in [9.17, 15) is 0 Å². The Balaban J connectivity index is 1.67. The highest BCUT2D eigenvalue weighted by molar-refractivity contribution is 5.33. The summed E-state index contributed by atoms with van der Waals surface area (Å²) >= 11 is 0. The van der Waals surface area contributed by atoms with Gasteiger partial charge < -0.3 is 10.1 Å². The summed E-state index contributed by atoms with van der Waals surface area (Å²) in [7, 11) is 1.88. The maximum Gasteiger partial charge on any atom is 0.126 e. The van der Waals surface area contributed by atoms with Gasteiger partial charge in [0.2, 0.25) is 0 Å². The van der Waals surface area contributed by atoms with Crippen molar-refractivity contribution in [3.8, 4) is 0 Å². The molecule has 0 unspecified atom stereocenters. The van der Waals surface area contributed by atoms with Gasteiger partial charge in [-0.05, 0) is 24.5 Å². The molecule has 1 aromatic rings. The van der Waals surface area contributed by atoms with E-state index in [1.165, 1.54) is 25.7 Å². The number of nitrogens with one attached hydrogen (secondary N) is 1. The van der Waals surface area contributed by atoms with Gasteiger partial charge in [-0.1, -0.05) is 25.3 Å². The van der Waals surface area contributed by atoms with Gasteiger partial charge in [-0.2, -0.15) is 0 Å². The summed E-state index contributed by atoms with van der Waals surface area (Å²) < 4.78 is 5.64. The summed E-state index contributed by atoms with van der Waals surface area (Å²) in [5.41, 5.74) is 1.00.